The quantitative estimate of drug-likeness (QED) is 0.548. The van der Waals surface area contributed by atoms with Crippen molar-refractivity contribution in [3.8, 4) is 0 Å². The Balaban J connectivity index is 1.77. The van der Waals surface area contributed by atoms with E-state index >= 15 is 0 Å². The van der Waals surface area contributed by atoms with Crippen LogP contribution in [0.4, 0.5) is 17.1 Å². The molecular formula is C24H20BrN3O2. The second-order valence-corrected chi connectivity index (χ2v) is 8.02. The lowest BCUT2D eigenvalue weighted by Crippen LogP contribution is -2.32. The van der Waals surface area contributed by atoms with Gasteiger partial charge >= 0.3 is 0 Å². The van der Waals surface area contributed by atoms with Gasteiger partial charge in [-0.1, -0.05) is 52.3 Å². The SMILES string of the molecule is CN(C)c1ccc(N2C(=O)C(Nc3cccc(Br)c3)=C(c3ccccc3)C2=O)cc1. The first kappa shape index (κ1) is 19.9. The summed E-state index contributed by atoms with van der Waals surface area (Å²) in [5, 5.41) is 3.17. The summed E-state index contributed by atoms with van der Waals surface area (Å²) in [6.45, 7) is 0. The van der Waals surface area contributed by atoms with Gasteiger partial charge in [0.1, 0.15) is 5.70 Å². The zero-order valence-corrected chi connectivity index (χ0v) is 18.2. The van der Waals surface area contributed by atoms with E-state index in [0.717, 1.165) is 15.8 Å². The van der Waals surface area contributed by atoms with E-state index < -0.39 is 0 Å². The third kappa shape index (κ3) is 3.74. The maximum absolute atomic E-state index is 13.4. The van der Waals surface area contributed by atoms with Crippen molar-refractivity contribution in [1.29, 1.82) is 0 Å². The van der Waals surface area contributed by atoms with Crippen molar-refractivity contribution in [3.63, 3.8) is 0 Å². The second kappa shape index (κ2) is 8.16. The molecular weight excluding hydrogens is 442 g/mol. The monoisotopic (exact) mass is 461 g/mol. The van der Waals surface area contributed by atoms with Crippen molar-refractivity contribution in [3.05, 3.63) is 94.6 Å². The van der Waals surface area contributed by atoms with Crippen LogP contribution in [0.25, 0.3) is 5.57 Å². The summed E-state index contributed by atoms with van der Waals surface area (Å²) in [5.74, 6) is -0.724. The molecule has 0 atom stereocenters. The molecule has 1 N–H and O–H groups in total. The molecule has 4 rings (SSSR count). The Morgan fingerprint density at radius 3 is 2.17 bits per heavy atom. The van der Waals surface area contributed by atoms with Gasteiger partial charge in [-0.15, -0.1) is 0 Å². The number of benzene rings is 3. The molecule has 0 fully saturated rings. The number of hydrogen-bond donors (Lipinski definition) is 1. The van der Waals surface area contributed by atoms with Gasteiger partial charge in [0.05, 0.1) is 11.3 Å². The molecule has 1 aliphatic rings. The first-order valence-corrected chi connectivity index (χ1v) is 10.2. The van der Waals surface area contributed by atoms with Gasteiger partial charge in [0.2, 0.25) is 0 Å². The summed E-state index contributed by atoms with van der Waals surface area (Å²) in [5.41, 5.74) is 3.56. The summed E-state index contributed by atoms with van der Waals surface area (Å²) in [7, 11) is 3.88. The number of nitrogens with one attached hydrogen (secondary N) is 1. The molecule has 0 unspecified atom stereocenters. The van der Waals surface area contributed by atoms with Crippen molar-refractivity contribution in [2.75, 3.05) is 29.2 Å². The van der Waals surface area contributed by atoms with Crippen LogP contribution in [-0.2, 0) is 9.59 Å². The number of carbonyl (C=O) groups is 2. The lowest BCUT2D eigenvalue weighted by molar-refractivity contribution is -0.120. The Morgan fingerprint density at radius 2 is 1.53 bits per heavy atom. The van der Waals surface area contributed by atoms with E-state index in [1.807, 2.05) is 85.7 Å². The van der Waals surface area contributed by atoms with Crippen LogP contribution in [0.3, 0.4) is 0 Å². The molecule has 0 radical (unpaired) electrons. The van der Waals surface area contributed by atoms with Gasteiger partial charge in [-0.3, -0.25) is 9.59 Å². The fourth-order valence-corrected chi connectivity index (χ4v) is 3.76. The predicted octanol–water partition coefficient (Wildman–Crippen LogP) is 4.91. The van der Waals surface area contributed by atoms with Gasteiger partial charge in [0.15, 0.2) is 0 Å². The maximum Gasteiger partial charge on any atom is 0.282 e. The van der Waals surface area contributed by atoms with E-state index in [1.54, 1.807) is 12.1 Å². The first-order valence-electron chi connectivity index (χ1n) is 9.44. The predicted molar refractivity (Wildman–Crippen MR) is 124 cm³/mol. The molecule has 5 nitrogen and oxygen atoms in total. The molecule has 1 heterocycles. The number of anilines is 3. The van der Waals surface area contributed by atoms with E-state index in [2.05, 4.69) is 21.2 Å². The van der Waals surface area contributed by atoms with Crippen molar-refractivity contribution in [2.45, 2.75) is 0 Å². The Morgan fingerprint density at radius 1 is 0.833 bits per heavy atom. The van der Waals surface area contributed by atoms with Gasteiger partial charge in [-0.05, 0) is 48.0 Å². The summed E-state index contributed by atoms with van der Waals surface area (Å²) >= 11 is 3.44. The molecule has 2 amide bonds. The molecule has 0 aromatic heterocycles. The number of nitrogens with zero attached hydrogens (tertiary/aromatic N) is 2. The molecule has 3 aromatic rings. The average Bonchev–Trinajstić information content (AvgIpc) is 2.98. The van der Waals surface area contributed by atoms with E-state index in [4.69, 9.17) is 0 Å². The zero-order chi connectivity index (χ0) is 21.3. The number of imide groups is 1. The molecule has 0 saturated heterocycles. The Bertz CT molecular complexity index is 1140. The van der Waals surface area contributed by atoms with Crippen molar-refractivity contribution in [2.24, 2.45) is 0 Å². The van der Waals surface area contributed by atoms with Gasteiger partial charge < -0.3 is 10.2 Å². The minimum absolute atomic E-state index is 0.265. The normalized spacial score (nSPS) is 13.8. The standard InChI is InChI=1S/C24H20BrN3O2/c1-27(2)19-11-13-20(14-12-19)28-23(29)21(16-7-4-3-5-8-16)22(24(28)30)26-18-10-6-9-17(25)15-18/h3-15,26H,1-2H3. The van der Waals surface area contributed by atoms with Gasteiger partial charge in [-0.2, -0.15) is 0 Å². The molecule has 0 bridgehead atoms. The van der Waals surface area contributed by atoms with Crippen LogP contribution >= 0.6 is 15.9 Å². The van der Waals surface area contributed by atoms with Gasteiger partial charge in [-0.25, -0.2) is 4.90 Å². The highest BCUT2D eigenvalue weighted by atomic mass is 79.9. The van der Waals surface area contributed by atoms with Crippen LogP contribution in [0.1, 0.15) is 5.56 Å². The molecule has 0 saturated carbocycles. The van der Waals surface area contributed by atoms with E-state index in [0.29, 0.717) is 16.8 Å². The third-order valence-corrected chi connectivity index (χ3v) is 5.36. The van der Waals surface area contributed by atoms with Crippen LogP contribution in [0, 0.1) is 0 Å². The largest absolute Gasteiger partial charge is 0.378 e. The Hall–Kier alpha value is -3.38. The third-order valence-electron chi connectivity index (χ3n) is 4.86. The van der Waals surface area contributed by atoms with Crippen LogP contribution in [-0.4, -0.2) is 25.9 Å². The van der Waals surface area contributed by atoms with Crippen molar-refractivity contribution < 1.29 is 9.59 Å². The lowest BCUT2D eigenvalue weighted by Gasteiger charge is -2.18. The van der Waals surface area contributed by atoms with Crippen LogP contribution in [0.2, 0.25) is 0 Å². The number of halogens is 1. The minimum Gasteiger partial charge on any atom is -0.378 e. The van der Waals surface area contributed by atoms with Crippen molar-refractivity contribution >= 4 is 50.4 Å². The molecule has 0 spiro atoms. The molecule has 150 valence electrons. The summed E-state index contributed by atoms with van der Waals surface area (Å²) in [6, 6.07) is 24.1. The van der Waals surface area contributed by atoms with E-state index in [1.165, 1.54) is 4.90 Å². The molecule has 6 heteroatoms. The highest BCUT2D eigenvalue weighted by Crippen LogP contribution is 2.34. The summed E-state index contributed by atoms with van der Waals surface area (Å²) < 4.78 is 0.877. The number of amides is 2. The molecule has 0 aliphatic carbocycles. The van der Waals surface area contributed by atoms with Crippen LogP contribution in [0.15, 0.2) is 89.0 Å². The zero-order valence-electron chi connectivity index (χ0n) is 16.6. The molecule has 30 heavy (non-hydrogen) atoms. The summed E-state index contributed by atoms with van der Waals surface area (Å²) in [6.07, 6.45) is 0. The topological polar surface area (TPSA) is 52.6 Å². The highest BCUT2D eigenvalue weighted by Gasteiger charge is 2.40. The summed E-state index contributed by atoms with van der Waals surface area (Å²) in [4.78, 5) is 29.9. The fraction of sp³-hybridized carbons (Fsp3) is 0.0833. The highest BCUT2D eigenvalue weighted by molar-refractivity contribution is 9.10. The van der Waals surface area contributed by atoms with Crippen LogP contribution < -0.4 is 15.1 Å². The molecule has 1 aliphatic heterocycles. The minimum atomic E-state index is -0.378. The van der Waals surface area contributed by atoms with Gasteiger partial charge in [0.25, 0.3) is 11.8 Å². The molecule has 3 aromatic carbocycles. The smallest absolute Gasteiger partial charge is 0.282 e. The van der Waals surface area contributed by atoms with E-state index in [9.17, 15) is 9.59 Å². The van der Waals surface area contributed by atoms with Crippen molar-refractivity contribution in [1.82, 2.24) is 0 Å². The number of carbonyl (C=O) groups excluding carboxylic acids is 2. The fourth-order valence-electron chi connectivity index (χ4n) is 3.36. The first-order chi connectivity index (χ1) is 14.5. The lowest BCUT2D eigenvalue weighted by atomic mass is 10.0. The van der Waals surface area contributed by atoms with Crippen LogP contribution in [0.5, 0.6) is 0 Å². The maximum atomic E-state index is 13.4. The number of hydrogen-bond acceptors (Lipinski definition) is 4. The Labute approximate surface area is 183 Å². The number of rotatable bonds is 5. The second-order valence-electron chi connectivity index (χ2n) is 7.11. The van der Waals surface area contributed by atoms with Gasteiger partial charge in [0, 0.05) is 29.9 Å². The average molecular weight is 462 g/mol. The van der Waals surface area contributed by atoms with E-state index in [-0.39, 0.29) is 17.5 Å². The Kier molecular flexibility index (Phi) is 5.42.